The molecule has 1 fully saturated rings. The summed E-state index contributed by atoms with van der Waals surface area (Å²) < 4.78 is 5.20. The fourth-order valence-electron chi connectivity index (χ4n) is 3.57. The summed E-state index contributed by atoms with van der Waals surface area (Å²) in [6, 6.07) is 4.24. The zero-order valence-corrected chi connectivity index (χ0v) is 14.5. The van der Waals surface area contributed by atoms with Crippen LogP contribution in [0, 0.1) is 13.8 Å². The number of nitrogens with zero attached hydrogens (tertiary/aromatic N) is 3. The van der Waals surface area contributed by atoms with Crippen LogP contribution in [-0.4, -0.2) is 27.5 Å². The van der Waals surface area contributed by atoms with Crippen LogP contribution in [0.25, 0.3) is 0 Å². The summed E-state index contributed by atoms with van der Waals surface area (Å²) in [6.45, 7) is 4.68. The van der Waals surface area contributed by atoms with Crippen molar-refractivity contribution in [3.05, 3.63) is 47.1 Å². The molecular weight excluding hydrogens is 302 g/mol. The lowest BCUT2D eigenvalue weighted by atomic mass is 10.0. The van der Waals surface area contributed by atoms with E-state index in [4.69, 9.17) is 4.52 Å². The van der Waals surface area contributed by atoms with Gasteiger partial charge in [0.2, 0.25) is 5.91 Å². The molecule has 3 heterocycles. The van der Waals surface area contributed by atoms with E-state index in [9.17, 15) is 4.79 Å². The molecule has 0 unspecified atom stereocenters. The second kappa shape index (κ2) is 7.60. The number of pyridine rings is 1. The number of aromatic nitrogens is 2. The predicted molar refractivity (Wildman–Crippen MR) is 91.5 cm³/mol. The molecule has 5 nitrogen and oxygen atoms in total. The third-order valence-corrected chi connectivity index (χ3v) is 4.93. The van der Waals surface area contributed by atoms with Crippen molar-refractivity contribution in [1.82, 2.24) is 15.0 Å². The molecule has 2 aromatic heterocycles. The fourth-order valence-corrected chi connectivity index (χ4v) is 3.57. The number of rotatable bonds is 4. The van der Waals surface area contributed by atoms with Gasteiger partial charge in [0.15, 0.2) is 0 Å². The maximum absolute atomic E-state index is 12.9. The van der Waals surface area contributed by atoms with Gasteiger partial charge < -0.3 is 9.42 Å². The van der Waals surface area contributed by atoms with E-state index in [0.717, 1.165) is 36.4 Å². The highest BCUT2D eigenvalue weighted by molar-refractivity contribution is 5.77. The van der Waals surface area contributed by atoms with Crippen LogP contribution in [-0.2, 0) is 11.2 Å². The van der Waals surface area contributed by atoms with E-state index >= 15 is 0 Å². The lowest BCUT2D eigenvalue weighted by molar-refractivity contribution is -0.133. The smallest absolute Gasteiger partial charge is 0.223 e. The van der Waals surface area contributed by atoms with Crippen LogP contribution in [0.5, 0.6) is 0 Å². The van der Waals surface area contributed by atoms with Crippen LogP contribution in [0.2, 0.25) is 0 Å². The minimum absolute atomic E-state index is 0.174. The van der Waals surface area contributed by atoms with Crippen molar-refractivity contribution in [1.29, 1.82) is 0 Å². The summed E-state index contributed by atoms with van der Waals surface area (Å²) in [5.41, 5.74) is 3.15. The van der Waals surface area contributed by atoms with E-state index in [0.29, 0.717) is 12.8 Å². The van der Waals surface area contributed by atoms with Crippen molar-refractivity contribution >= 4 is 5.91 Å². The van der Waals surface area contributed by atoms with E-state index < -0.39 is 0 Å². The zero-order chi connectivity index (χ0) is 16.9. The van der Waals surface area contributed by atoms with Crippen molar-refractivity contribution < 1.29 is 9.32 Å². The van der Waals surface area contributed by atoms with Crippen LogP contribution in [0.15, 0.2) is 29.0 Å². The highest BCUT2D eigenvalue weighted by Crippen LogP contribution is 2.30. The fraction of sp³-hybridized carbons (Fsp3) is 0.526. The molecule has 0 radical (unpaired) electrons. The molecule has 0 aromatic carbocycles. The number of hydrogen-bond acceptors (Lipinski definition) is 4. The maximum Gasteiger partial charge on any atom is 0.223 e. The molecule has 3 rings (SSSR count). The van der Waals surface area contributed by atoms with Gasteiger partial charge in [0.25, 0.3) is 0 Å². The van der Waals surface area contributed by atoms with Gasteiger partial charge in [-0.2, -0.15) is 0 Å². The minimum atomic E-state index is 0.174. The molecule has 1 saturated heterocycles. The van der Waals surface area contributed by atoms with Crippen molar-refractivity contribution in [2.24, 2.45) is 0 Å². The van der Waals surface area contributed by atoms with Crippen LogP contribution in [0.1, 0.15) is 60.7 Å². The number of hydrogen-bond donors (Lipinski definition) is 0. The summed E-state index contributed by atoms with van der Waals surface area (Å²) in [6.07, 6.45) is 9.29. The van der Waals surface area contributed by atoms with Gasteiger partial charge in [-0.05, 0) is 50.8 Å². The lowest BCUT2D eigenvalue weighted by Gasteiger charge is -2.30. The Morgan fingerprint density at radius 3 is 2.75 bits per heavy atom. The Labute approximate surface area is 143 Å². The maximum atomic E-state index is 12.9. The molecule has 1 atom stereocenters. The van der Waals surface area contributed by atoms with E-state index in [2.05, 4.69) is 15.0 Å². The monoisotopic (exact) mass is 327 g/mol. The zero-order valence-electron chi connectivity index (χ0n) is 14.5. The number of aryl methyl sites for hydroxylation is 2. The quantitative estimate of drug-likeness (QED) is 0.858. The third kappa shape index (κ3) is 3.66. The summed E-state index contributed by atoms with van der Waals surface area (Å²) in [5.74, 6) is 1.04. The van der Waals surface area contributed by atoms with Gasteiger partial charge in [-0.3, -0.25) is 9.78 Å². The van der Waals surface area contributed by atoms with Crippen molar-refractivity contribution in [3.8, 4) is 0 Å². The number of carbonyl (C=O) groups is 1. The van der Waals surface area contributed by atoms with Gasteiger partial charge in [0, 0.05) is 30.9 Å². The Morgan fingerprint density at radius 1 is 1.25 bits per heavy atom. The molecule has 0 aliphatic carbocycles. The van der Waals surface area contributed by atoms with Gasteiger partial charge in [0.1, 0.15) is 5.76 Å². The Balaban J connectivity index is 1.73. The van der Waals surface area contributed by atoms with Gasteiger partial charge in [-0.1, -0.05) is 18.0 Å². The second-order valence-electron chi connectivity index (χ2n) is 6.54. The predicted octanol–water partition coefficient (Wildman–Crippen LogP) is 3.76. The van der Waals surface area contributed by atoms with Crippen LogP contribution < -0.4 is 0 Å². The van der Waals surface area contributed by atoms with E-state index in [1.165, 1.54) is 18.4 Å². The largest absolute Gasteiger partial charge is 0.361 e. The molecule has 24 heavy (non-hydrogen) atoms. The van der Waals surface area contributed by atoms with E-state index in [1.54, 1.807) is 0 Å². The number of amides is 1. The van der Waals surface area contributed by atoms with Gasteiger partial charge >= 0.3 is 0 Å². The molecule has 0 bridgehead atoms. The molecule has 128 valence electrons. The lowest BCUT2D eigenvalue weighted by Crippen LogP contribution is -2.35. The summed E-state index contributed by atoms with van der Waals surface area (Å²) >= 11 is 0. The molecular formula is C19H25N3O2. The first-order chi connectivity index (χ1) is 11.7. The van der Waals surface area contributed by atoms with Crippen LogP contribution >= 0.6 is 0 Å². The molecule has 1 amide bonds. The molecule has 1 aliphatic rings. The van der Waals surface area contributed by atoms with Gasteiger partial charge in [0.05, 0.1) is 11.7 Å². The van der Waals surface area contributed by atoms with Gasteiger partial charge in [-0.25, -0.2) is 0 Å². The van der Waals surface area contributed by atoms with Crippen molar-refractivity contribution in [2.45, 2.75) is 58.4 Å². The van der Waals surface area contributed by atoms with Crippen LogP contribution in [0.3, 0.4) is 0 Å². The highest BCUT2D eigenvalue weighted by atomic mass is 16.5. The normalized spacial score (nSPS) is 18.4. The Kier molecular flexibility index (Phi) is 5.28. The Hall–Kier alpha value is -2.17. The molecule has 0 saturated carbocycles. The average molecular weight is 327 g/mol. The minimum Gasteiger partial charge on any atom is -0.361 e. The molecule has 1 aliphatic heterocycles. The molecule has 0 spiro atoms. The Bertz CT molecular complexity index is 662. The summed E-state index contributed by atoms with van der Waals surface area (Å²) in [5, 5.41) is 3.98. The molecule has 5 heteroatoms. The highest BCUT2D eigenvalue weighted by Gasteiger charge is 2.26. The summed E-state index contributed by atoms with van der Waals surface area (Å²) in [7, 11) is 0. The standard InChI is InChI=1S/C19H25N3O2/c1-14-17(15(2)24-21-14)7-8-19(23)22-13-5-3-4-6-18(22)16-9-11-20-12-10-16/h9-12,18H,3-8,13H2,1-2H3/t18-/m0/s1. The third-order valence-electron chi connectivity index (χ3n) is 4.93. The first-order valence-corrected chi connectivity index (χ1v) is 8.78. The van der Waals surface area contributed by atoms with E-state index in [1.807, 2.05) is 38.4 Å². The average Bonchev–Trinajstić information content (AvgIpc) is 2.81. The van der Waals surface area contributed by atoms with Crippen molar-refractivity contribution in [3.63, 3.8) is 0 Å². The SMILES string of the molecule is Cc1noc(C)c1CCC(=O)N1CCCCC[C@H]1c1ccncc1. The number of carbonyl (C=O) groups excluding carboxylic acids is 1. The topological polar surface area (TPSA) is 59.2 Å². The second-order valence-corrected chi connectivity index (χ2v) is 6.54. The molecule has 2 aromatic rings. The first-order valence-electron chi connectivity index (χ1n) is 8.78. The Morgan fingerprint density at radius 2 is 2.04 bits per heavy atom. The number of likely N-dealkylation sites (tertiary alicyclic amines) is 1. The van der Waals surface area contributed by atoms with Gasteiger partial charge in [-0.15, -0.1) is 0 Å². The summed E-state index contributed by atoms with van der Waals surface area (Å²) in [4.78, 5) is 19.1. The first kappa shape index (κ1) is 16.7. The molecule has 0 N–H and O–H groups in total. The van der Waals surface area contributed by atoms with E-state index in [-0.39, 0.29) is 11.9 Å². The van der Waals surface area contributed by atoms with Crippen LogP contribution in [0.4, 0.5) is 0 Å². The van der Waals surface area contributed by atoms with Crippen molar-refractivity contribution in [2.75, 3.05) is 6.54 Å².